The molecule has 0 radical (unpaired) electrons. The van der Waals surface area contributed by atoms with Crippen molar-refractivity contribution in [3.05, 3.63) is 112 Å². The molecule has 0 bridgehead atoms. The average Bonchev–Trinajstić information content (AvgIpc) is 2.78. The lowest BCUT2D eigenvalue weighted by atomic mass is 9.98. The summed E-state index contributed by atoms with van der Waals surface area (Å²) in [7, 11) is 0. The van der Waals surface area contributed by atoms with Crippen molar-refractivity contribution in [1.29, 1.82) is 0 Å². The summed E-state index contributed by atoms with van der Waals surface area (Å²) in [4.78, 5) is 24.6. The molecule has 0 fully saturated rings. The van der Waals surface area contributed by atoms with Crippen LogP contribution < -0.4 is 15.7 Å². The molecule has 156 valence electrons. The summed E-state index contributed by atoms with van der Waals surface area (Å²) in [6, 6.07) is 26.0. The molecule has 0 aliphatic heterocycles. The van der Waals surface area contributed by atoms with Gasteiger partial charge in [-0.1, -0.05) is 60.7 Å². The van der Waals surface area contributed by atoms with E-state index in [-0.39, 0.29) is 11.9 Å². The van der Waals surface area contributed by atoms with Crippen LogP contribution in [0.1, 0.15) is 29.7 Å². The second-order valence-electron chi connectivity index (χ2n) is 7.43. The highest BCUT2D eigenvalue weighted by Gasteiger charge is 2.22. The molecule has 0 saturated carbocycles. The molecular formula is C26H23NO4. The molecule has 0 aliphatic rings. The van der Waals surface area contributed by atoms with Gasteiger partial charge in [-0.25, -0.2) is 4.79 Å². The third kappa shape index (κ3) is 4.67. The van der Waals surface area contributed by atoms with Crippen molar-refractivity contribution in [1.82, 2.24) is 5.32 Å². The topological polar surface area (TPSA) is 68.5 Å². The van der Waals surface area contributed by atoms with Crippen molar-refractivity contribution in [2.75, 3.05) is 0 Å². The number of aryl methyl sites for hydroxylation is 1. The van der Waals surface area contributed by atoms with Gasteiger partial charge in [0.2, 0.25) is 0 Å². The Labute approximate surface area is 180 Å². The van der Waals surface area contributed by atoms with Crippen molar-refractivity contribution in [3.63, 3.8) is 0 Å². The minimum atomic E-state index is -0.746. The Morgan fingerprint density at radius 3 is 2.13 bits per heavy atom. The molecule has 1 heterocycles. The molecule has 5 heteroatoms. The van der Waals surface area contributed by atoms with Crippen molar-refractivity contribution in [3.8, 4) is 5.75 Å². The predicted molar refractivity (Wildman–Crippen MR) is 120 cm³/mol. The molecule has 4 rings (SSSR count). The molecule has 4 aromatic rings. The number of carbonyl (C=O) groups is 1. The summed E-state index contributed by atoms with van der Waals surface area (Å²) in [5, 5.41) is 3.92. The van der Waals surface area contributed by atoms with E-state index in [1.807, 2.05) is 73.7 Å². The lowest BCUT2D eigenvalue weighted by Crippen LogP contribution is -2.39. The minimum Gasteiger partial charge on any atom is -0.481 e. The molecule has 0 aliphatic carbocycles. The molecule has 5 nitrogen and oxygen atoms in total. The molecule has 1 atom stereocenters. The summed E-state index contributed by atoms with van der Waals surface area (Å²) < 4.78 is 11.1. The van der Waals surface area contributed by atoms with E-state index in [4.69, 9.17) is 9.15 Å². The third-order valence-electron chi connectivity index (χ3n) is 5.16. The average molecular weight is 413 g/mol. The van der Waals surface area contributed by atoms with Crippen molar-refractivity contribution in [2.45, 2.75) is 26.0 Å². The van der Waals surface area contributed by atoms with Crippen molar-refractivity contribution in [2.24, 2.45) is 0 Å². The smallest absolute Gasteiger partial charge is 0.336 e. The first-order valence-corrected chi connectivity index (χ1v) is 10.1. The summed E-state index contributed by atoms with van der Waals surface area (Å²) >= 11 is 0. The molecule has 3 aromatic carbocycles. The molecule has 1 amide bonds. The molecule has 0 unspecified atom stereocenters. The number of hydrogen-bond donors (Lipinski definition) is 1. The van der Waals surface area contributed by atoms with Crippen LogP contribution in [-0.4, -0.2) is 12.0 Å². The normalized spacial score (nSPS) is 12.0. The minimum absolute atomic E-state index is 0.247. The standard InChI is InChI=1S/C26H23NO4/c1-17-15-24(28)31-23-16-21(13-14-22(17)23)30-18(2)26(29)27-25(19-9-5-3-6-10-19)20-11-7-4-8-12-20/h3-16,18,25H,1-2H3,(H,27,29)/t18-/m1/s1. The van der Waals surface area contributed by atoms with E-state index in [0.717, 1.165) is 22.1 Å². The first-order valence-electron chi connectivity index (χ1n) is 10.1. The van der Waals surface area contributed by atoms with E-state index in [9.17, 15) is 9.59 Å². The number of amides is 1. The Hall–Kier alpha value is -3.86. The van der Waals surface area contributed by atoms with E-state index in [2.05, 4.69) is 5.32 Å². The van der Waals surface area contributed by atoms with Crippen LogP contribution in [0, 0.1) is 6.92 Å². The Morgan fingerprint density at radius 2 is 1.52 bits per heavy atom. The summed E-state index contributed by atoms with van der Waals surface area (Å²) in [6.45, 7) is 3.54. The highest BCUT2D eigenvalue weighted by atomic mass is 16.5. The highest BCUT2D eigenvalue weighted by molar-refractivity contribution is 5.83. The molecular weight excluding hydrogens is 390 g/mol. The second kappa shape index (κ2) is 8.88. The Morgan fingerprint density at radius 1 is 0.903 bits per heavy atom. The highest BCUT2D eigenvalue weighted by Crippen LogP contribution is 2.24. The van der Waals surface area contributed by atoms with E-state index < -0.39 is 11.7 Å². The number of hydrogen-bond acceptors (Lipinski definition) is 4. The van der Waals surface area contributed by atoms with Crippen LogP contribution in [0.15, 0.2) is 94.1 Å². The van der Waals surface area contributed by atoms with E-state index in [1.54, 1.807) is 19.1 Å². The SMILES string of the molecule is Cc1cc(=O)oc2cc(O[C@H](C)C(=O)NC(c3ccccc3)c3ccccc3)ccc12. The number of benzene rings is 3. The fourth-order valence-corrected chi connectivity index (χ4v) is 3.55. The van der Waals surface area contributed by atoms with Crippen molar-refractivity contribution < 1.29 is 13.9 Å². The van der Waals surface area contributed by atoms with Crippen LogP contribution in [0.5, 0.6) is 5.75 Å². The van der Waals surface area contributed by atoms with Gasteiger partial charge in [-0.3, -0.25) is 4.79 Å². The number of fused-ring (bicyclic) bond motifs is 1. The van der Waals surface area contributed by atoms with Crippen LogP contribution in [0.4, 0.5) is 0 Å². The maximum atomic E-state index is 13.0. The summed E-state index contributed by atoms with van der Waals surface area (Å²) in [5.41, 5.74) is 2.81. The summed E-state index contributed by atoms with van der Waals surface area (Å²) in [5.74, 6) is 0.211. The van der Waals surface area contributed by atoms with Gasteiger partial charge in [0.15, 0.2) is 6.10 Å². The fraction of sp³-hybridized carbons (Fsp3) is 0.154. The Balaban J connectivity index is 1.54. The first kappa shape index (κ1) is 20.4. The van der Waals surface area contributed by atoms with Crippen LogP contribution >= 0.6 is 0 Å². The van der Waals surface area contributed by atoms with Gasteiger partial charge in [0.25, 0.3) is 5.91 Å². The van der Waals surface area contributed by atoms with Gasteiger partial charge in [-0.05, 0) is 42.7 Å². The maximum absolute atomic E-state index is 13.0. The van der Waals surface area contributed by atoms with Gasteiger partial charge in [-0.2, -0.15) is 0 Å². The van der Waals surface area contributed by atoms with Gasteiger partial charge in [0.05, 0.1) is 6.04 Å². The third-order valence-corrected chi connectivity index (χ3v) is 5.16. The lowest BCUT2D eigenvalue weighted by molar-refractivity contribution is -0.127. The van der Waals surface area contributed by atoms with Crippen molar-refractivity contribution >= 4 is 16.9 Å². The van der Waals surface area contributed by atoms with Gasteiger partial charge in [0.1, 0.15) is 11.3 Å². The predicted octanol–water partition coefficient (Wildman–Crippen LogP) is 4.77. The van der Waals surface area contributed by atoms with Gasteiger partial charge < -0.3 is 14.5 Å². The van der Waals surface area contributed by atoms with Gasteiger partial charge in [-0.15, -0.1) is 0 Å². The second-order valence-corrected chi connectivity index (χ2v) is 7.43. The van der Waals surface area contributed by atoms with Crippen LogP contribution in [0.3, 0.4) is 0 Å². The molecule has 0 spiro atoms. The summed E-state index contributed by atoms with van der Waals surface area (Å²) in [6.07, 6.45) is -0.746. The monoisotopic (exact) mass is 413 g/mol. The number of nitrogens with one attached hydrogen (secondary N) is 1. The van der Waals surface area contributed by atoms with Gasteiger partial charge >= 0.3 is 5.63 Å². The molecule has 0 saturated heterocycles. The van der Waals surface area contributed by atoms with Crippen LogP contribution in [0.2, 0.25) is 0 Å². The molecule has 31 heavy (non-hydrogen) atoms. The number of carbonyl (C=O) groups excluding carboxylic acids is 1. The lowest BCUT2D eigenvalue weighted by Gasteiger charge is -2.22. The Bertz CT molecular complexity index is 1210. The zero-order valence-electron chi connectivity index (χ0n) is 17.4. The zero-order chi connectivity index (χ0) is 21.8. The Kier molecular flexibility index (Phi) is 5.85. The van der Waals surface area contributed by atoms with Crippen LogP contribution in [-0.2, 0) is 4.79 Å². The molecule has 1 aromatic heterocycles. The zero-order valence-corrected chi connectivity index (χ0v) is 17.4. The van der Waals surface area contributed by atoms with E-state index in [0.29, 0.717) is 11.3 Å². The van der Waals surface area contributed by atoms with Crippen LogP contribution in [0.25, 0.3) is 11.0 Å². The quantitative estimate of drug-likeness (QED) is 0.462. The maximum Gasteiger partial charge on any atom is 0.336 e. The number of rotatable bonds is 6. The fourth-order valence-electron chi connectivity index (χ4n) is 3.55. The van der Waals surface area contributed by atoms with Gasteiger partial charge in [0, 0.05) is 17.5 Å². The first-order chi connectivity index (χ1) is 15.0. The van der Waals surface area contributed by atoms with E-state index >= 15 is 0 Å². The number of ether oxygens (including phenoxy) is 1. The van der Waals surface area contributed by atoms with E-state index in [1.165, 1.54) is 6.07 Å². The molecule has 1 N–H and O–H groups in total. The largest absolute Gasteiger partial charge is 0.481 e.